The Balaban J connectivity index is 1.95. The van der Waals surface area contributed by atoms with E-state index in [0.717, 1.165) is 14.7 Å². The first-order valence-corrected chi connectivity index (χ1v) is 10.5. The minimum atomic E-state index is -0.156. The molecular weight excluding hydrogens is 495 g/mol. The van der Waals surface area contributed by atoms with Crippen LogP contribution in [0.4, 0.5) is 0 Å². The van der Waals surface area contributed by atoms with Crippen LogP contribution in [-0.2, 0) is 18.0 Å². The van der Waals surface area contributed by atoms with Crippen LogP contribution in [0.2, 0.25) is 0 Å². The molecule has 6 heteroatoms. The molecular formula is C24H23IO5. The zero-order valence-corrected chi connectivity index (χ0v) is 19.0. The van der Waals surface area contributed by atoms with Gasteiger partial charge in [-0.1, -0.05) is 60.7 Å². The smallest absolute Gasteiger partial charge is 0.188 e. The van der Waals surface area contributed by atoms with Crippen molar-refractivity contribution >= 4 is 28.4 Å². The largest absolute Gasteiger partial charge is 0.488 e. The summed E-state index contributed by atoms with van der Waals surface area (Å²) in [4.78, 5) is 12.5. The molecule has 0 radical (unpaired) electrons. The lowest BCUT2D eigenvalue weighted by atomic mass is 10.1. The predicted molar refractivity (Wildman–Crippen MR) is 123 cm³/mol. The predicted octanol–water partition coefficient (Wildman–Crippen LogP) is 5.63. The van der Waals surface area contributed by atoms with Crippen molar-refractivity contribution in [1.82, 2.24) is 0 Å². The van der Waals surface area contributed by atoms with E-state index in [1.54, 1.807) is 6.07 Å². The highest BCUT2D eigenvalue weighted by molar-refractivity contribution is 14.1. The van der Waals surface area contributed by atoms with Crippen molar-refractivity contribution in [2.45, 2.75) is 20.1 Å². The number of hydrogen-bond donors (Lipinski definition) is 0. The van der Waals surface area contributed by atoms with Crippen molar-refractivity contribution in [2.24, 2.45) is 0 Å². The molecule has 0 heterocycles. The number of halogens is 1. The number of ether oxygens (including phenoxy) is 4. The summed E-state index contributed by atoms with van der Waals surface area (Å²) in [6, 6.07) is 21.4. The molecule has 0 aromatic heterocycles. The molecule has 0 bridgehead atoms. The number of carbonyl (C=O) groups is 1. The summed E-state index contributed by atoms with van der Waals surface area (Å²) in [5, 5.41) is 0. The lowest BCUT2D eigenvalue weighted by molar-refractivity contribution is 0.0497. The summed E-state index contributed by atoms with van der Waals surface area (Å²) in [5.74, 6) is 1.25. The maximum atomic E-state index is 12.5. The summed E-state index contributed by atoms with van der Waals surface area (Å²) in [6.45, 7) is 2.21. The average molecular weight is 518 g/mol. The fourth-order valence-corrected chi connectivity index (χ4v) is 3.60. The standard InChI is InChI=1S/C24H23IO5/c1-17(26)22-20(30-16-27-2)13-21(28-14-18-9-5-3-6-10-18)23(25)24(22)29-15-19-11-7-4-8-12-19/h3-13H,14-16H2,1-2H3. The number of methoxy groups -OCH3 is 1. The molecule has 0 fully saturated rings. The number of carbonyl (C=O) groups excluding carboxylic acids is 1. The van der Waals surface area contributed by atoms with Gasteiger partial charge in [0.1, 0.15) is 30.3 Å². The van der Waals surface area contributed by atoms with Crippen molar-refractivity contribution < 1.29 is 23.7 Å². The lowest BCUT2D eigenvalue weighted by Crippen LogP contribution is -2.10. The quantitative estimate of drug-likeness (QED) is 0.198. The third-order valence-corrected chi connectivity index (χ3v) is 5.32. The first-order chi connectivity index (χ1) is 14.6. The highest BCUT2D eigenvalue weighted by Crippen LogP contribution is 2.41. The van der Waals surface area contributed by atoms with Gasteiger partial charge in [-0.05, 0) is 40.6 Å². The van der Waals surface area contributed by atoms with Crippen LogP contribution in [0.15, 0.2) is 66.7 Å². The highest BCUT2D eigenvalue weighted by atomic mass is 127. The molecule has 5 nitrogen and oxygen atoms in total. The van der Waals surface area contributed by atoms with Crippen LogP contribution in [0.5, 0.6) is 17.2 Å². The van der Waals surface area contributed by atoms with Crippen LogP contribution >= 0.6 is 22.6 Å². The molecule has 0 atom stereocenters. The van der Waals surface area contributed by atoms with Gasteiger partial charge in [0.05, 0.1) is 3.57 Å². The molecule has 0 N–H and O–H groups in total. The van der Waals surface area contributed by atoms with Crippen LogP contribution in [0.3, 0.4) is 0 Å². The molecule has 0 aliphatic rings. The Morgan fingerprint density at radius 1 is 0.833 bits per heavy atom. The van der Waals surface area contributed by atoms with Gasteiger partial charge in [0, 0.05) is 13.2 Å². The van der Waals surface area contributed by atoms with Gasteiger partial charge in [-0.2, -0.15) is 0 Å². The zero-order valence-electron chi connectivity index (χ0n) is 16.9. The fourth-order valence-electron chi connectivity index (χ4n) is 2.86. The van der Waals surface area contributed by atoms with Crippen molar-refractivity contribution in [3.8, 4) is 17.2 Å². The summed E-state index contributed by atoms with van der Waals surface area (Å²) >= 11 is 2.15. The van der Waals surface area contributed by atoms with E-state index >= 15 is 0 Å². The Kier molecular flexibility index (Phi) is 8.10. The van der Waals surface area contributed by atoms with Gasteiger partial charge in [0.2, 0.25) is 0 Å². The second-order valence-electron chi connectivity index (χ2n) is 6.55. The molecule has 0 aliphatic carbocycles. The van der Waals surface area contributed by atoms with Gasteiger partial charge in [-0.15, -0.1) is 0 Å². The fraction of sp³-hybridized carbons (Fsp3) is 0.208. The molecule has 3 aromatic carbocycles. The number of hydrogen-bond acceptors (Lipinski definition) is 5. The van der Waals surface area contributed by atoms with Crippen molar-refractivity contribution in [3.63, 3.8) is 0 Å². The van der Waals surface area contributed by atoms with Crippen molar-refractivity contribution in [3.05, 3.63) is 87.0 Å². The van der Waals surface area contributed by atoms with E-state index < -0.39 is 0 Å². The van der Waals surface area contributed by atoms with Crippen LogP contribution in [0, 0.1) is 3.57 Å². The van der Waals surface area contributed by atoms with Gasteiger partial charge in [0.15, 0.2) is 18.3 Å². The zero-order chi connectivity index (χ0) is 21.3. The van der Waals surface area contributed by atoms with E-state index in [2.05, 4.69) is 22.6 Å². The second kappa shape index (κ2) is 11.0. The van der Waals surface area contributed by atoms with Crippen LogP contribution in [0.25, 0.3) is 0 Å². The second-order valence-corrected chi connectivity index (χ2v) is 7.63. The first-order valence-electron chi connectivity index (χ1n) is 9.42. The third kappa shape index (κ3) is 5.73. The van der Waals surface area contributed by atoms with Gasteiger partial charge in [-0.3, -0.25) is 4.79 Å². The van der Waals surface area contributed by atoms with E-state index in [4.69, 9.17) is 18.9 Å². The molecule has 0 amide bonds. The van der Waals surface area contributed by atoms with E-state index in [1.807, 2.05) is 60.7 Å². The number of benzene rings is 3. The Hall–Kier alpha value is -2.58. The minimum Gasteiger partial charge on any atom is -0.488 e. The Bertz CT molecular complexity index is 974. The molecule has 3 rings (SSSR count). The highest BCUT2D eigenvalue weighted by Gasteiger charge is 2.23. The third-order valence-electron chi connectivity index (χ3n) is 4.30. The molecule has 3 aromatic rings. The monoisotopic (exact) mass is 518 g/mol. The molecule has 0 saturated heterocycles. The van der Waals surface area contributed by atoms with E-state index in [9.17, 15) is 4.79 Å². The molecule has 156 valence electrons. The molecule has 0 aliphatic heterocycles. The van der Waals surface area contributed by atoms with Crippen LogP contribution < -0.4 is 14.2 Å². The van der Waals surface area contributed by atoms with Crippen molar-refractivity contribution in [1.29, 1.82) is 0 Å². The van der Waals surface area contributed by atoms with E-state index in [1.165, 1.54) is 14.0 Å². The average Bonchev–Trinajstić information content (AvgIpc) is 2.77. The summed E-state index contributed by atoms with van der Waals surface area (Å²) < 4.78 is 23.6. The molecule has 0 saturated carbocycles. The maximum absolute atomic E-state index is 12.5. The maximum Gasteiger partial charge on any atom is 0.188 e. The van der Waals surface area contributed by atoms with E-state index in [-0.39, 0.29) is 12.6 Å². The summed E-state index contributed by atoms with van der Waals surface area (Å²) in [6.07, 6.45) is 0. The number of Topliss-reactive ketones (excluding diaryl/α,β-unsaturated/α-hetero) is 1. The molecule has 0 spiro atoms. The van der Waals surface area contributed by atoms with Gasteiger partial charge >= 0.3 is 0 Å². The van der Waals surface area contributed by atoms with Gasteiger partial charge in [-0.25, -0.2) is 0 Å². The number of ketones is 1. The summed E-state index contributed by atoms with van der Waals surface area (Å²) in [7, 11) is 1.53. The normalized spacial score (nSPS) is 10.5. The first kappa shape index (κ1) is 22.1. The van der Waals surface area contributed by atoms with Crippen LogP contribution in [0.1, 0.15) is 28.4 Å². The van der Waals surface area contributed by atoms with E-state index in [0.29, 0.717) is 36.0 Å². The molecule has 30 heavy (non-hydrogen) atoms. The SMILES string of the molecule is COCOc1cc(OCc2ccccc2)c(I)c(OCc2ccccc2)c1C(C)=O. The molecule has 0 unspecified atom stereocenters. The lowest BCUT2D eigenvalue weighted by Gasteiger charge is -2.19. The van der Waals surface area contributed by atoms with Gasteiger partial charge < -0.3 is 18.9 Å². The Labute approximate surface area is 190 Å². The minimum absolute atomic E-state index is 0.0110. The van der Waals surface area contributed by atoms with Gasteiger partial charge in [0.25, 0.3) is 0 Å². The Morgan fingerprint density at radius 3 is 1.93 bits per heavy atom. The Morgan fingerprint density at radius 2 is 1.40 bits per heavy atom. The van der Waals surface area contributed by atoms with Crippen LogP contribution in [-0.4, -0.2) is 19.7 Å². The van der Waals surface area contributed by atoms with Crippen molar-refractivity contribution in [2.75, 3.05) is 13.9 Å². The summed E-state index contributed by atoms with van der Waals surface area (Å²) in [5.41, 5.74) is 2.41. The number of rotatable bonds is 10. The topological polar surface area (TPSA) is 54.0 Å².